The fraction of sp³-hybridized carbons (Fsp3) is 0.450. The molecular formula is C20H26N6. The fourth-order valence-electron chi connectivity index (χ4n) is 3.89. The SMILES string of the molecule is Cc1cc(C)n(-c2cccc(CN3CCC[C@H](c4n[nH]c(C)n4)C3)c2)n1. The summed E-state index contributed by atoms with van der Waals surface area (Å²) in [5.74, 6) is 2.28. The number of benzene rings is 1. The van der Waals surface area contributed by atoms with Gasteiger partial charge in [0.05, 0.1) is 11.4 Å². The molecule has 0 radical (unpaired) electrons. The molecule has 0 amide bonds. The molecule has 1 aliphatic rings. The van der Waals surface area contributed by atoms with E-state index in [2.05, 4.69) is 62.4 Å². The number of aromatic amines is 1. The topological polar surface area (TPSA) is 62.6 Å². The van der Waals surface area contributed by atoms with E-state index in [4.69, 9.17) is 0 Å². The predicted octanol–water partition coefficient (Wildman–Crippen LogP) is 3.30. The van der Waals surface area contributed by atoms with E-state index in [1.807, 2.05) is 18.5 Å². The van der Waals surface area contributed by atoms with Crippen molar-refractivity contribution in [2.45, 2.75) is 46.1 Å². The molecule has 136 valence electrons. The van der Waals surface area contributed by atoms with Gasteiger partial charge in [0.25, 0.3) is 0 Å². The van der Waals surface area contributed by atoms with Crippen LogP contribution in [-0.2, 0) is 6.54 Å². The van der Waals surface area contributed by atoms with Gasteiger partial charge in [-0.1, -0.05) is 12.1 Å². The lowest BCUT2D eigenvalue weighted by molar-refractivity contribution is 0.196. The summed E-state index contributed by atoms with van der Waals surface area (Å²) in [6, 6.07) is 10.8. The molecule has 0 saturated carbocycles. The predicted molar refractivity (Wildman–Crippen MR) is 101 cm³/mol. The van der Waals surface area contributed by atoms with E-state index in [1.165, 1.54) is 18.4 Å². The van der Waals surface area contributed by atoms with Gasteiger partial charge in [-0.25, -0.2) is 9.67 Å². The Morgan fingerprint density at radius 2 is 2.08 bits per heavy atom. The van der Waals surface area contributed by atoms with Gasteiger partial charge in [-0.2, -0.15) is 10.2 Å². The second-order valence-corrected chi connectivity index (χ2v) is 7.36. The summed E-state index contributed by atoms with van der Waals surface area (Å²) in [7, 11) is 0. The smallest absolute Gasteiger partial charge is 0.155 e. The minimum absolute atomic E-state index is 0.424. The lowest BCUT2D eigenvalue weighted by Crippen LogP contribution is -2.34. The summed E-state index contributed by atoms with van der Waals surface area (Å²) in [6.45, 7) is 9.19. The Balaban J connectivity index is 1.48. The van der Waals surface area contributed by atoms with Crippen molar-refractivity contribution in [2.75, 3.05) is 13.1 Å². The van der Waals surface area contributed by atoms with Crippen LogP contribution in [0.1, 0.15) is 47.4 Å². The molecule has 6 heteroatoms. The van der Waals surface area contributed by atoms with Gasteiger partial charge in [0.2, 0.25) is 0 Å². The van der Waals surface area contributed by atoms with Crippen molar-refractivity contribution in [3.05, 3.63) is 58.9 Å². The zero-order valence-corrected chi connectivity index (χ0v) is 15.7. The number of rotatable bonds is 4. The minimum atomic E-state index is 0.424. The van der Waals surface area contributed by atoms with Crippen LogP contribution in [0.2, 0.25) is 0 Å². The van der Waals surface area contributed by atoms with Gasteiger partial charge in [0.15, 0.2) is 5.82 Å². The molecule has 3 heterocycles. The highest BCUT2D eigenvalue weighted by atomic mass is 15.3. The lowest BCUT2D eigenvalue weighted by Gasteiger charge is -2.31. The third-order valence-corrected chi connectivity index (χ3v) is 5.06. The summed E-state index contributed by atoms with van der Waals surface area (Å²) in [6.07, 6.45) is 2.36. The van der Waals surface area contributed by atoms with Crippen LogP contribution in [0.15, 0.2) is 30.3 Å². The maximum Gasteiger partial charge on any atom is 0.155 e. The largest absolute Gasteiger partial charge is 0.298 e. The van der Waals surface area contributed by atoms with E-state index < -0.39 is 0 Å². The van der Waals surface area contributed by atoms with Gasteiger partial charge in [-0.3, -0.25) is 10.00 Å². The Morgan fingerprint density at radius 3 is 2.81 bits per heavy atom. The molecule has 0 bridgehead atoms. The first-order chi connectivity index (χ1) is 12.6. The van der Waals surface area contributed by atoms with Gasteiger partial charge in [0, 0.05) is 24.7 Å². The zero-order chi connectivity index (χ0) is 18.1. The molecule has 26 heavy (non-hydrogen) atoms. The summed E-state index contributed by atoms with van der Waals surface area (Å²) >= 11 is 0. The average molecular weight is 350 g/mol. The maximum atomic E-state index is 4.61. The molecule has 2 aromatic heterocycles. The van der Waals surface area contributed by atoms with Gasteiger partial charge < -0.3 is 0 Å². The van der Waals surface area contributed by atoms with E-state index in [0.29, 0.717) is 5.92 Å². The third-order valence-electron chi connectivity index (χ3n) is 5.06. The van der Waals surface area contributed by atoms with Gasteiger partial charge in [0.1, 0.15) is 5.82 Å². The molecule has 3 aromatic rings. The molecular weight excluding hydrogens is 324 g/mol. The number of aryl methyl sites for hydroxylation is 3. The van der Waals surface area contributed by atoms with Crippen LogP contribution >= 0.6 is 0 Å². The number of hydrogen-bond donors (Lipinski definition) is 1. The Bertz CT molecular complexity index is 893. The quantitative estimate of drug-likeness (QED) is 0.784. The van der Waals surface area contributed by atoms with Gasteiger partial charge in [-0.05, 0) is 63.9 Å². The molecule has 1 saturated heterocycles. The second-order valence-electron chi connectivity index (χ2n) is 7.36. The third kappa shape index (κ3) is 3.55. The molecule has 0 unspecified atom stereocenters. The molecule has 1 fully saturated rings. The number of piperidine rings is 1. The highest BCUT2D eigenvalue weighted by molar-refractivity contribution is 5.37. The van der Waals surface area contributed by atoms with Crippen LogP contribution in [0.5, 0.6) is 0 Å². The molecule has 6 nitrogen and oxygen atoms in total. The van der Waals surface area contributed by atoms with Crippen molar-refractivity contribution in [1.29, 1.82) is 0 Å². The number of hydrogen-bond acceptors (Lipinski definition) is 4. The molecule has 0 spiro atoms. The number of likely N-dealkylation sites (tertiary alicyclic amines) is 1. The first-order valence-electron chi connectivity index (χ1n) is 9.32. The van der Waals surface area contributed by atoms with Crippen molar-refractivity contribution in [3.8, 4) is 5.69 Å². The highest BCUT2D eigenvalue weighted by Crippen LogP contribution is 2.26. The van der Waals surface area contributed by atoms with Crippen LogP contribution in [-0.4, -0.2) is 43.0 Å². The number of aromatic nitrogens is 5. The van der Waals surface area contributed by atoms with Crippen LogP contribution in [0, 0.1) is 20.8 Å². The molecule has 1 aromatic carbocycles. The highest BCUT2D eigenvalue weighted by Gasteiger charge is 2.24. The monoisotopic (exact) mass is 350 g/mol. The summed E-state index contributed by atoms with van der Waals surface area (Å²) in [5.41, 5.74) is 4.67. The van der Waals surface area contributed by atoms with Crippen LogP contribution in [0.3, 0.4) is 0 Å². The van der Waals surface area contributed by atoms with E-state index in [1.54, 1.807) is 0 Å². The number of nitrogens with zero attached hydrogens (tertiary/aromatic N) is 5. The van der Waals surface area contributed by atoms with Crippen molar-refractivity contribution >= 4 is 0 Å². The minimum Gasteiger partial charge on any atom is -0.298 e. The second kappa shape index (κ2) is 7.03. The summed E-state index contributed by atoms with van der Waals surface area (Å²) in [5, 5.41) is 12.0. The lowest BCUT2D eigenvalue weighted by atomic mass is 9.97. The summed E-state index contributed by atoms with van der Waals surface area (Å²) in [4.78, 5) is 7.05. The van der Waals surface area contributed by atoms with Crippen molar-refractivity contribution in [1.82, 2.24) is 29.9 Å². The summed E-state index contributed by atoms with van der Waals surface area (Å²) < 4.78 is 2.02. The van der Waals surface area contributed by atoms with Gasteiger partial charge in [-0.15, -0.1) is 0 Å². The first-order valence-corrected chi connectivity index (χ1v) is 9.32. The number of H-pyrrole nitrogens is 1. The van der Waals surface area contributed by atoms with E-state index in [0.717, 1.165) is 48.4 Å². The number of nitrogens with one attached hydrogen (secondary N) is 1. The normalized spacial score (nSPS) is 18.3. The Morgan fingerprint density at radius 1 is 1.19 bits per heavy atom. The average Bonchev–Trinajstić information content (AvgIpc) is 3.20. The van der Waals surface area contributed by atoms with Crippen LogP contribution in [0.4, 0.5) is 0 Å². The van der Waals surface area contributed by atoms with Crippen molar-refractivity contribution in [2.24, 2.45) is 0 Å². The van der Waals surface area contributed by atoms with Crippen LogP contribution in [0.25, 0.3) is 5.69 Å². The standard InChI is InChI=1S/C20H26N6/c1-14-10-15(2)26(24-14)19-8-4-6-17(11-19)12-25-9-5-7-18(13-25)20-21-16(3)22-23-20/h4,6,8,10-11,18H,5,7,9,12-13H2,1-3H3,(H,21,22,23)/t18-/m0/s1. The Hall–Kier alpha value is -2.47. The van der Waals surface area contributed by atoms with E-state index in [9.17, 15) is 0 Å². The van der Waals surface area contributed by atoms with Crippen molar-refractivity contribution < 1.29 is 0 Å². The zero-order valence-electron chi connectivity index (χ0n) is 15.7. The van der Waals surface area contributed by atoms with Crippen molar-refractivity contribution in [3.63, 3.8) is 0 Å². The molecule has 1 atom stereocenters. The molecule has 4 rings (SSSR count). The van der Waals surface area contributed by atoms with E-state index in [-0.39, 0.29) is 0 Å². The van der Waals surface area contributed by atoms with E-state index >= 15 is 0 Å². The first kappa shape index (κ1) is 17.0. The Labute approximate surface area is 154 Å². The van der Waals surface area contributed by atoms with Crippen LogP contribution < -0.4 is 0 Å². The maximum absolute atomic E-state index is 4.61. The fourth-order valence-corrected chi connectivity index (χ4v) is 3.89. The molecule has 1 aliphatic heterocycles. The molecule has 0 aliphatic carbocycles. The Kier molecular flexibility index (Phi) is 4.59. The van der Waals surface area contributed by atoms with Gasteiger partial charge >= 0.3 is 0 Å². The molecule has 1 N–H and O–H groups in total.